The molecule has 140 heavy (non-hydrogen) atoms. The highest BCUT2D eigenvalue weighted by Crippen LogP contribution is 2.31. The van der Waals surface area contributed by atoms with Crippen molar-refractivity contribution in [1.29, 1.82) is 0 Å². The standard InChI is InChI=1S/C17H17N7O.C17H20N6O.C16H14N8O.C16H13N7O.C15H12N6.C14H11N7/c1-25-6-5-23-9-15(21-11-23)12-3-2-4-13(7-12)24-17-14(8-22-24)16(18)19-10-20-17;1-3-11(2)7-15(24)22-12-5-4-6-13(8-12)23-17-14(9-21-23)16(18)19-10-20-17;1-23-7-6-18-15(23)16(25)22-10-2-4-11(5-3-10)24-14-12(8-21-24)13(17)19-9-20-14;1-10(24)22-7-14(20-9-22)11-3-2-4-12(5-11)23-16-13(6-21-23)15(17)18-8-19-16;16-14-13-9-19-21(15(13)18-10-17-14)12-5-3-11(4-6-12)20-7-1-2-8-20;15-13-12-8-19-21(14(12)17-9-16-13)11-4-2-10(3-5-11)20-7-1-6-18-20/h2-4,7-11H,5-6H2,1H3,(H2,18,19,20);4-6,8-11H,3,7H2,1-2H3,(H,22,24)(H2,18,19,20);2-9H,1H3,(H,22,25)(H2,17,19,20);2-9H,1H3,(H2,17,18,19);1-10H,(H2,16,17,18);1-9H,(H2,15,16,17). The van der Waals surface area contributed by atoms with Gasteiger partial charge in [0.15, 0.2) is 39.7 Å². The molecule has 0 aliphatic rings. The van der Waals surface area contributed by atoms with Crippen LogP contribution < -0.4 is 45.0 Å². The van der Waals surface area contributed by atoms with E-state index >= 15 is 0 Å². The van der Waals surface area contributed by atoms with Crippen molar-refractivity contribution < 1.29 is 19.1 Å². The third kappa shape index (κ3) is 19.8. The van der Waals surface area contributed by atoms with E-state index in [1.54, 1.807) is 132 Å². The Morgan fingerprint density at radius 3 is 1.19 bits per heavy atom. The summed E-state index contributed by atoms with van der Waals surface area (Å²) in [6.45, 7) is 7.05. The van der Waals surface area contributed by atoms with Gasteiger partial charge in [-0.3, -0.25) is 19.0 Å². The first-order valence-corrected chi connectivity index (χ1v) is 43.3. The number of hydrogen-bond acceptors (Lipinski definition) is 32. The van der Waals surface area contributed by atoms with Gasteiger partial charge in [-0.05, 0) is 139 Å². The average Bonchev–Trinajstić information content (AvgIpc) is 1.66. The smallest absolute Gasteiger partial charge is 0.291 e. The number of methoxy groups -OCH3 is 1. The molecular weight excluding hydrogens is 1780 g/mol. The number of carbonyl (C=O) groups is 3. The second-order valence-electron chi connectivity index (χ2n) is 31.3. The fraction of sp³-hybridized carbons (Fsp3) is 0.105. The van der Waals surface area contributed by atoms with Gasteiger partial charge in [0.25, 0.3) is 5.91 Å². The lowest BCUT2D eigenvalue weighted by atomic mass is 10.1. The minimum absolute atomic E-state index is 0.0124. The predicted molar refractivity (Wildman–Crippen MR) is 527 cm³/mol. The lowest BCUT2D eigenvalue weighted by Gasteiger charge is -2.10. The zero-order chi connectivity index (χ0) is 96.9. The lowest BCUT2D eigenvalue weighted by molar-refractivity contribution is -0.117. The van der Waals surface area contributed by atoms with Crippen LogP contribution in [0.5, 0.6) is 0 Å². The maximum Gasteiger partial charge on any atom is 0.291 e. The van der Waals surface area contributed by atoms with Crippen molar-refractivity contribution in [3.63, 3.8) is 0 Å². The van der Waals surface area contributed by atoms with Crippen LogP contribution in [0.4, 0.5) is 46.3 Å². The fourth-order valence-electron chi connectivity index (χ4n) is 14.7. The van der Waals surface area contributed by atoms with E-state index in [4.69, 9.17) is 39.1 Å². The van der Waals surface area contributed by atoms with Crippen LogP contribution in [0.2, 0.25) is 0 Å². The van der Waals surface area contributed by atoms with Gasteiger partial charge in [0.2, 0.25) is 11.8 Å². The molecule has 1 atom stereocenters. The van der Waals surface area contributed by atoms with Gasteiger partial charge in [-0.1, -0.05) is 50.6 Å². The molecular formula is C95H87N41O4. The number of anilines is 8. The van der Waals surface area contributed by atoms with Gasteiger partial charge in [0.1, 0.15) is 79.2 Å². The highest BCUT2D eigenvalue weighted by Gasteiger charge is 2.20. The van der Waals surface area contributed by atoms with Crippen LogP contribution in [0.25, 0.3) is 134 Å². The molecule has 0 saturated heterocycles. The summed E-state index contributed by atoms with van der Waals surface area (Å²) in [5, 5.41) is 40.3. The molecule has 0 bridgehead atoms. The van der Waals surface area contributed by atoms with Gasteiger partial charge in [-0.25, -0.2) is 108 Å². The number of carbonyl (C=O) groups excluding carboxylic acids is 3. The Labute approximate surface area is 793 Å². The molecule has 17 heterocycles. The number of benzene rings is 6. The number of hydrogen-bond donors (Lipinski definition) is 8. The number of nitrogens with two attached hydrogens (primary N) is 6. The first-order chi connectivity index (χ1) is 68.3. The number of amides is 2. The molecule has 1 unspecified atom stereocenters. The third-order valence-electron chi connectivity index (χ3n) is 22.1. The molecule has 17 aromatic heterocycles. The van der Waals surface area contributed by atoms with E-state index in [1.807, 2.05) is 186 Å². The van der Waals surface area contributed by atoms with Gasteiger partial charge >= 0.3 is 0 Å². The number of nitrogens with zero attached hydrogens (tertiary/aromatic N) is 33. The Morgan fingerprint density at radius 1 is 0.386 bits per heavy atom. The van der Waals surface area contributed by atoms with E-state index in [-0.39, 0.29) is 17.7 Å². The van der Waals surface area contributed by atoms with Gasteiger partial charge in [0, 0.05) is 112 Å². The van der Waals surface area contributed by atoms with Crippen LogP contribution in [-0.2, 0) is 23.1 Å². The molecule has 23 rings (SSSR count). The molecule has 696 valence electrons. The van der Waals surface area contributed by atoms with Crippen LogP contribution in [0.15, 0.2) is 301 Å². The summed E-state index contributed by atoms with van der Waals surface area (Å²) in [4.78, 5) is 97.7. The Hall–Kier alpha value is -19.9. The number of imidazole rings is 3. The van der Waals surface area contributed by atoms with Gasteiger partial charge in [-0.2, -0.15) is 35.7 Å². The van der Waals surface area contributed by atoms with Crippen molar-refractivity contribution in [1.82, 2.24) is 161 Å². The van der Waals surface area contributed by atoms with E-state index in [0.717, 1.165) is 97.1 Å². The zero-order valence-electron chi connectivity index (χ0n) is 75.6. The highest BCUT2D eigenvalue weighted by molar-refractivity contribution is 6.02. The summed E-state index contributed by atoms with van der Waals surface area (Å²) in [7, 11) is 3.45. The molecule has 45 nitrogen and oxygen atoms in total. The molecule has 0 radical (unpaired) electrons. The number of aryl methyl sites for hydroxylation is 1. The summed E-state index contributed by atoms with van der Waals surface area (Å²) in [6, 6.07) is 52.2. The van der Waals surface area contributed by atoms with Crippen molar-refractivity contribution in [2.24, 2.45) is 13.0 Å². The molecule has 6 aromatic carbocycles. The van der Waals surface area contributed by atoms with E-state index in [0.29, 0.717) is 121 Å². The maximum absolute atomic E-state index is 12.2. The summed E-state index contributed by atoms with van der Waals surface area (Å²) in [6.07, 6.45) is 37.9. The molecule has 23 aromatic rings. The van der Waals surface area contributed by atoms with E-state index in [9.17, 15) is 14.4 Å². The first-order valence-electron chi connectivity index (χ1n) is 43.3. The predicted octanol–water partition coefficient (Wildman–Crippen LogP) is 11.8. The number of nitrogen functional groups attached to an aromatic ring is 6. The van der Waals surface area contributed by atoms with E-state index in [1.165, 1.54) is 55.8 Å². The van der Waals surface area contributed by atoms with Gasteiger partial charge in [-0.15, -0.1) is 0 Å². The van der Waals surface area contributed by atoms with Crippen LogP contribution in [0.3, 0.4) is 0 Å². The summed E-state index contributed by atoms with van der Waals surface area (Å²) < 4.78 is 24.3. The number of aromatic nitrogens is 33. The second kappa shape index (κ2) is 40.7. The molecule has 0 fully saturated rings. The molecule has 2 amide bonds. The molecule has 0 saturated carbocycles. The van der Waals surface area contributed by atoms with Crippen LogP contribution in [-0.4, -0.2) is 193 Å². The zero-order valence-corrected chi connectivity index (χ0v) is 75.6. The number of ether oxygens (including phenoxy) is 1. The monoisotopic (exact) mass is 1870 g/mol. The van der Waals surface area contributed by atoms with Crippen molar-refractivity contribution in [2.45, 2.75) is 40.2 Å². The summed E-state index contributed by atoms with van der Waals surface area (Å²) in [5.41, 5.74) is 51.1. The minimum Gasteiger partial charge on any atom is -0.383 e. The minimum atomic E-state index is -0.273. The highest BCUT2D eigenvalue weighted by atomic mass is 16.5. The Balaban J connectivity index is 0.000000111. The third-order valence-corrected chi connectivity index (χ3v) is 22.1. The van der Waals surface area contributed by atoms with Crippen molar-refractivity contribution in [3.05, 3.63) is 307 Å². The summed E-state index contributed by atoms with van der Waals surface area (Å²) in [5.74, 6) is 2.82. The molecule has 0 spiro atoms. The molecule has 45 heteroatoms. The van der Waals surface area contributed by atoms with Crippen LogP contribution >= 0.6 is 0 Å². The number of fused-ring (bicyclic) bond motifs is 6. The Morgan fingerprint density at radius 2 is 0.786 bits per heavy atom. The number of nitrogens with one attached hydrogen (secondary N) is 2. The molecule has 14 N–H and O–H groups in total. The van der Waals surface area contributed by atoms with Crippen molar-refractivity contribution in [3.8, 4) is 68.0 Å². The van der Waals surface area contributed by atoms with Crippen molar-refractivity contribution >= 4 is 130 Å². The average molecular weight is 1870 g/mol. The SMILES string of the molecule is CC(=O)n1cnc(-c2cccc(-n3ncc4c(N)ncnc43)c2)c1.CCC(C)CC(=O)Nc1cccc(-n2ncc3c(N)ncnc32)c1.COCCn1cnc(-c2cccc(-n3ncc4c(N)ncnc43)c2)c1.Cn1ccnc1C(=O)Nc1ccc(-n2ncc3c(N)ncnc32)cc1.Nc1ncnc2c1cnn2-c1ccc(-n2cccc2)cc1.Nc1ncnc2c1cnn2-c1ccc(-n2cccn2)cc1. The largest absolute Gasteiger partial charge is 0.383 e. The molecule has 0 aliphatic carbocycles. The van der Waals surface area contributed by atoms with Crippen molar-refractivity contribution in [2.75, 3.05) is 58.8 Å². The fourth-order valence-corrected chi connectivity index (χ4v) is 14.7. The molecule has 0 aliphatic heterocycles. The van der Waals surface area contributed by atoms with Gasteiger partial charge in [0.05, 0.1) is 134 Å². The normalized spacial score (nSPS) is 11.3. The van der Waals surface area contributed by atoms with Crippen LogP contribution in [0, 0.1) is 5.92 Å². The van der Waals surface area contributed by atoms with Gasteiger partial charge < -0.3 is 63.5 Å². The quantitative estimate of drug-likeness (QED) is 0.0373. The number of rotatable bonds is 19. The van der Waals surface area contributed by atoms with E-state index < -0.39 is 0 Å². The summed E-state index contributed by atoms with van der Waals surface area (Å²) >= 11 is 0. The Kier molecular flexibility index (Phi) is 26.3. The second-order valence-corrected chi connectivity index (χ2v) is 31.3. The first kappa shape index (κ1) is 90.6. The maximum atomic E-state index is 12.2. The Bertz CT molecular complexity index is 8140. The lowest BCUT2D eigenvalue weighted by Crippen LogP contribution is -2.16. The topological polar surface area (TPSA) is 578 Å². The van der Waals surface area contributed by atoms with Crippen LogP contribution in [0.1, 0.15) is 49.0 Å². The van der Waals surface area contributed by atoms with E-state index in [2.05, 4.69) is 135 Å².